The van der Waals surface area contributed by atoms with Crippen molar-refractivity contribution in [2.75, 3.05) is 11.9 Å². The van der Waals surface area contributed by atoms with E-state index >= 15 is 0 Å². The minimum absolute atomic E-state index is 0.393. The Labute approximate surface area is 155 Å². The summed E-state index contributed by atoms with van der Waals surface area (Å²) >= 11 is 0. The zero-order valence-electron chi connectivity index (χ0n) is 14.9. The van der Waals surface area contributed by atoms with Crippen LogP contribution in [0, 0.1) is 13.8 Å². The van der Waals surface area contributed by atoms with Gasteiger partial charge in [0.2, 0.25) is 0 Å². The summed E-state index contributed by atoms with van der Waals surface area (Å²) in [6.07, 6.45) is -1.28. The first kappa shape index (κ1) is 17.8. The molecule has 0 spiro atoms. The quantitative estimate of drug-likeness (QED) is 0.531. The Bertz CT molecular complexity index is 955. The molecule has 1 fully saturated rings. The molecular weight excluding hydrogens is 350 g/mol. The van der Waals surface area contributed by atoms with Gasteiger partial charge in [0.1, 0.15) is 24.6 Å². The van der Waals surface area contributed by atoms with Crippen LogP contribution in [0.5, 0.6) is 0 Å². The highest BCUT2D eigenvalue weighted by Gasteiger charge is 2.44. The molecule has 27 heavy (non-hydrogen) atoms. The van der Waals surface area contributed by atoms with Crippen LogP contribution in [-0.2, 0) is 4.74 Å². The Hall–Kier alpha value is -2.59. The van der Waals surface area contributed by atoms with Gasteiger partial charge in [0.05, 0.1) is 12.9 Å². The summed E-state index contributed by atoms with van der Waals surface area (Å²) in [7, 11) is 0. The fourth-order valence-electron chi connectivity index (χ4n) is 3.42. The summed E-state index contributed by atoms with van der Waals surface area (Å²) in [4.78, 5) is 12.9. The number of nitrogens with zero attached hydrogens (tertiary/aromatic N) is 4. The number of aliphatic hydroxyl groups is 3. The molecule has 1 aromatic carbocycles. The number of aliphatic hydroxyl groups excluding tert-OH is 3. The van der Waals surface area contributed by atoms with Crippen molar-refractivity contribution in [1.82, 2.24) is 19.5 Å². The molecule has 1 saturated heterocycles. The lowest BCUT2D eigenvalue weighted by molar-refractivity contribution is -0.0511. The number of aryl methyl sites for hydroxylation is 2. The topological polar surface area (TPSA) is 126 Å². The maximum absolute atomic E-state index is 10.3. The van der Waals surface area contributed by atoms with Crippen LogP contribution in [0.15, 0.2) is 30.9 Å². The van der Waals surface area contributed by atoms with E-state index in [0.29, 0.717) is 17.0 Å². The molecule has 0 bridgehead atoms. The molecule has 4 N–H and O–H groups in total. The van der Waals surface area contributed by atoms with Crippen LogP contribution in [-0.4, -0.2) is 59.8 Å². The summed E-state index contributed by atoms with van der Waals surface area (Å²) in [6.45, 7) is 3.64. The van der Waals surface area contributed by atoms with Crippen LogP contribution in [0.1, 0.15) is 17.4 Å². The van der Waals surface area contributed by atoms with Crippen molar-refractivity contribution in [3.8, 4) is 0 Å². The fraction of sp³-hybridized carbons (Fsp3) is 0.389. The van der Waals surface area contributed by atoms with Gasteiger partial charge in [-0.2, -0.15) is 0 Å². The summed E-state index contributed by atoms with van der Waals surface area (Å²) < 4.78 is 7.10. The van der Waals surface area contributed by atoms with Gasteiger partial charge in [0, 0.05) is 5.69 Å². The summed E-state index contributed by atoms with van der Waals surface area (Å²) in [5.41, 5.74) is 4.09. The zero-order valence-corrected chi connectivity index (χ0v) is 14.9. The maximum atomic E-state index is 10.3. The molecule has 1 aliphatic rings. The van der Waals surface area contributed by atoms with Crippen molar-refractivity contribution >= 4 is 22.7 Å². The third kappa shape index (κ3) is 3.15. The van der Waals surface area contributed by atoms with Crippen molar-refractivity contribution in [3.05, 3.63) is 42.0 Å². The molecule has 9 heteroatoms. The molecule has 0 amide bonds. The van der Waals surface area contributed by atoms with Gasteiger partial charge < -0.3 is 25.4 Å². The number of benzene rings is 1. The predicted octanol–water partition coefficient (Wildman–Crippen LogP) is 0.798. The molecule has 1 aliphatic heterocycles. The Morgan fingerprint density at radius 1 is 1.07 bits per heavy atom. The monoisotopic (exact) mass is 371 g/mol. The first-order valence-electron chi connectivity index (χ1n) is 8.63. The Kier molecular flexibility index (Phi) is 4.52. The number of rotatable bonds is 4. The Morgan fingerprint density at radius 2 is 1.81 bits per heavy atom. The highest BCUT2D eigenvalue weighted by Crippen LogP contribution is 2.32. The number of nitrogens with one attached hydrogen (secondary N) is 1. The van der Waals surface area contributed by atoms with E-state index in [0.717, 1.165) is 16.8 Å². The van der Waals surface area contributed by atoms with E-state index in [1.54, 1.807) is 0 Å². The zero-order chi connectivity index (χ0) is 19.1. The normalized spacial score (nSPS) is 25.2. The van der Waals surface area contributed by atoms with Gasteiger partial charge in [-0.25, -0.2) is 15.0 Å². The number of aromatic nitrogens is 4. The van der Waals surface area contributed by atoms with Crippen molar-refractivity contribution in [2.24, 2.45) is 0 Å². The molecule has 142 valence electrons. The van der Waals surface area contributed by atoms with E-state index in [1.807, 2.05) is 26.0 Å². The van der Waals surface area contributed by atoms with Gasteiger partial charge in [-0.1, -0.05) is 6.07 Å². The molecule has 0 radical (unpaired) electrons. The molecule has 4 unspecified atom stereocenters. The first-order valence-corrected chi connectivity index (χ1v) is 8.63. The lowest BCUT2D eigenvalue weighted by atomic mass is 10.1. The lowest BCUT2D eigenvalue weighted by Crippen LogP contribution is -2.33. The highest BCUT2D eigenvalue weighted by atomic mass is 16.6. The largest absolute Gasteiger partial charge is 0.394 e. The van der Waals surface area contributed by atoms with E-state index in [2.05, 4.69) is 26.3 Å². The van der Waals surface area contributed by atoms with Gasteiger partial charge >= 0.3 is 0 Å². The van der Waals surface area contributed by atoms with Crippen molar-refractivity contribution in [2.45, 2.75) is 38.4 Å². The average molecular weight is 371 g/mol. The molecule has 0 aliphatic carbocycles. The number of anilines is 2. The molecule has 0 saturated carbocycles. The van der Waals surface area contributed by atoms with Crippen molar-refractivity contribution in [1.29, 1.82) is 0 Å². The number of hydrogen-bond donors (Lipinski definition) is 4. The highest BCUT2D eigenvalue weighted by molar-refractivity contribution is 5.85. The van der Waals surface area contributed by atoms with Crippen LogP contribution in [0.25, 0.3) is 11.2 Å². The van der Waals surface area contributed by atoms with Gasteiger partial charge in [0.15, 0.2) is 23.2 Å². The molecule has 2 aromatic heterocycles. The van der Waals surface area contributed by atoms with Crippen molar-refractivity contribution < 1.29 is 20.1 Å². The molecule has 4 rings (SSSR count). The van der Waals surface area contributed by atoms with Crippen molar-refractivity contribution in [3.63, 3.8) is 0 Å². The van der Waals surface area contributed by atoms with E-state index in [4.69, 9.17) is 4.74 Å². The minimum atomic E-state index is -1.20. The van der Waals surface area contributed by atoms with E-state index in [9.17, 15) is 15.3 Å². The van der Waals surface area contributed by atoms with Gasteiger partial charge in [-0.3, -0.25) is 4.57 Å². The molecule has 4 atom stereocenters. The molecule has 3 aromatic rings. The molecule has 3 heterocycles. The smallest absolute Gasteiger partial charge is 0.167 e. The summed E-state index contributed by atoms with van der Waals surface area (Å²) in [6, 6.07) is 6.09. The molecular formula is C18H21N5O4. The van der Waals surface area contributed by atoms with Gasteiger partial charge in [-0.05, 0) is 37.1 Å². The Morgan fingerprint density at radius 3 is 2.48 bits per heavy atom. The van der Waals surface area contributed by atoms with Gasteiger partial charge in [0.25, 0.3) is 0 Å². The van der Waals surface area contributed by atoms with E-state index in [1.165, 1.54) is 17.2 Å². The second-order valence-corrected chi connectivity index (χ2v) is 6.78. The number of imidazole rings is 1. The van der Waals surface area contributed by atoms with Crippen LogP contribution < -0.4 is 5.32 Å². The third-order valence-electron chi connectivity index (χ3n) is 4.63. The second kappa shape index (κ2) is 6.86. The number of fused-ring (bicyclic) bond motifs is 1. The van der Waals surface area contributed by atoms with Gasteiger partial charge in [-0.15, -0.1) is 0 Å². The summed E-state index contributed by atoms with van der Waals surface area (Å²) in [5, 5.41) is 32.8. The molecule has 9 nitrogen and oxygen atoms in total. The van der Waals surface area contributed by atoms with Crippen LogP contribution in [0.2, 0.25) is 0 Å². The maximum Gasteiger partial charge on any atom is 0.167 e. The van der Waals surface area contributed by atoms with Crippen LogP contribution in [0.3, 0.4) is 0 Å². The standard InChI is InChI=1S/C18H21N5O4/c1-9-3-10(2)5-11(4-9)22-16-13-17(20-7-19-16)23(8-21-13)18-15(26)14(25)12(6-24)27-18/h3-5,7-8,12,14-15,18,24-26H,6H2,1-2H3,(H,19,20,22). The Balaban J connectivity index is 1.70. The second-order valence-electron chi connectivity index (χ2n) is 6.78. The fourth-order valence-corrected chi connectivity index (χ4v) is 3.42. The van der Waals surface area contributed by atoms with E-state index < -0.39 is 31.1 Å². The predicted molar refractivity (Wildman–Crippen MR) is 97.5 cm³/mol. The first-order chi connectivity index (χ1) is 13.0. The van der Waals surface area contributed by atoms with Crippen LogP contribution >= 0.6 is 0 Å². The van der Waals surface area contributed by atoms with E-state index in [-0.39, 0.29) is 0 Å². The number of ether oxygens (including phenoxy) is 1. The number of hydrogen-bond acceptors (Lipinski definition) is 8. The van der Waals surface area contributed by atoms with Crippen LogP contribution in [0.4, 0.5) is 11.5 Å². The lowest BCUT2D eigenvalue weighted by Gasteiger charge is -2.16. The average Bonchev–Trinajstić information content (AvgIpc) is 3.17. The summed E-state index contributed by atoms with van der Waals surface area (Å²) in [5.74, 6) is 0.524. The third-order valence-corrected chi connectivity index (χ3v) is 4.63. The minimum Gasteiger partial charge on any atom is -0.394 e. The SMILES string of the molecule is Cc1cc(C)cc(Nc2ncnc3c2ncn3C2OC(CO)C(O)C2O)c1.